The van der Waals surface area contributed by atoms with Crippen molar-refractivity contribution in [2.45, 2.75) is 50.5 Å². The molecule has 0 aromatic rings. The summed E-state index contributed by atoms with van der Waals surface area (Å²) in [7, 11) is 0. The van der Waals surface area contributed by atoms with E-state index < -0.39 is 5.92 Å². The first kappa shape index (κ1) is 15.7. The Morgan fingerprint density at radius 1 is 1.36 bits per heavy atom. The van der Waals surface area contributed by atoms with Crippen molar-refractivity contribution in [1.82, 2.24) is 4.90 Å². The monoisotopic (exact) mass is 311 g/mol. The molecule has 5 heteroatoms. The molecule has 1 unspecified atom stereocenters. The average molecular weight is 311 g/mol. The third kappa shape index (κ3) is 2.83. The van der Waals surface area contributed by atoms with Crippen LogP contribution in [0.25, 0.3) is 0 Å². The van der Waals surface area contributed by atoms with Gasteiger partial charge in [-0.3, -0.25) is 9.69 Å². The van der Waals surface area contributed by atoms with Crippen LogP contribution in [0.4, 0.5) is 8.78 Å². The summed E-state index contributed by atoms with van der Waals surface area (Å²) in [6.45, 7) is 3.22. The Morgan fingerprint density at radius 2 is 2.05 bits per heavy atom. The number of rotatable bonds is 5. The first-order chi connectivity index (χ1) is 10.5. The summed E-state index contributed by atoms with van der Waals surface area (Å²) in [6, 6.07) is 0. The highest BCUT2D eigenvalue weighted by molar-refractivity contribution is 5.79. The van der Waals surface area contributed by atoms with Gasteiger partial charge in [-0.05, 0) is 25.7 Å². The minimum atomic E-state index is -2.54. The number of likely N-dealkylation sites (tertiary alicyclic amines) is 1. The second kappa shape index (κ2) is 5.76. The summed E-state index contributed by atoms with van der Waals surface area (Å²) in [5.74, 6) is -1.34. The lowest BCUT2D eigenvalue weighted by Gasteiger charge is -2.47. The number of carbonyl (C=O) groups is 1. The molecule has 3 rings (SSSR count). The number of ether oxygens (including phenoxy) is 1. The summed E-state index contributed by atoms with van der Waals surface area (Å²) in [6.07, 6.45) is 7.42. The van der Waals surface area contributed by atoms with Crippen LogP contribution >= 0.6 is 0 Å². The zero-order chi connectivity index (χ0) is 15.8. The van der Waals surface area contributed by atoms with Gasteiger partial charge in [-0.1, -0.05) is 12.2 Å². The van der Waals surface area contributed by atoms with E-state index in [-0.39, 0.29) is 18.4 Å². The van der Waals surface area contributed by atoms with Crippen molar-refractivity contribution in [3.8, 4) is 0 Å². The molecule has 1 saturated carbocycles. The molecule has 1 saturated heterocycles. The number of alkyl halides is 2. The van der Waals surface area contributed by atoms with Crippen LogP contribution in [0.1, 0.15) is 39.0 Å². The fourth-order valence-electron chi connectivity index (χ4n) is 3.75. The van der Waals surface area contributed by atoms with E-state index in [9.17, 15) is 13.6 Å². The minimum absolute atomic E-state index is 0.0798. The molecule has 3 aliphatic rings. The van der Waals surface area contributed by atoms with E-state index in [1.807, 2.05) is 13.0 Å². The van der Waals surface area contributed by atoms with Crippen LogP contribution in [0.2, 0.25) is 0 Å². The van der Waals surface area contributed by atoms with E-state index >= 15 is 0 Å². The fraction of sp³-hybridized carbons (Fsp3) is 0.706. The van der Waals surface area contributed by atoms with E-state index in [4.69, 9.17) is 4.74 Å². The molecule has 122 valence electrons. The van der Waals surface area contributed by atoms with Gasteiger partial charge in [0.15, 0.2) is 6.29 Å². The van der Waals surface area contributed by atoms with Gasteiger partial charge in [0.1, 0.15) is 5.76 Å². The van der Waals surface area contributed by atoms with Crippen LogP contribution in [-0.2, 0) is 9.53 Å². The highest BCUT2D eigenvalue weighted by Crippen LogP contribution is 2.50. The molecule has 0 amide bonds. The Morgan fingerprint density at radius 3 is 2.59 bits per heavy atom. The first-order valence-corrected chi connectivity index (χ1v) is 8.14. The van der Waals surface area contributed by atoms with E-state index in [0.29, 0.717) is 43.4 Å². The number of hydrogen-bond acceptors (Lipinski definition) is 3. The van der Waals surface area contributed by atoms with Gasteiger partial charge in [0.2, 0.25) is 0 Å². The summed E-state index contributed by atoms with van der Waals surface area (Å²) in [4.78, 5) is 13.4. The predicted octanol–water partition coefficient (Wildman–Crippen LogP) is 3.32. The van der Waals surface area contributed by atoms with Gasteiger partial charge >= 0.3 is 0 Å². The zero-order valence-electron chi connectivity index (χ0n) is 13.0. The number of nitrogens with zero attached hydrogens (tertiary/aromatic N) is 1. The van der Waals surface area contributed by atoms with Crippen LogP contribution in [0, 0.1) is 5.92 Å². The van der Waals surface area contributed by atoms with Crippen molar-refractivity contribution in [2.75, 3.05) is 19.7 Å². The number of halogens is 2. The molecule has 0 bridgehead atoms. The van der Waals surface area contributed by atoms with Crippen LogP contribution in [0.5, 0.6) is 0 Å². The molecule has 0 aromatic heterocycles. The van der Waals surface area contributed by atoms with Gasteiger partial charge in [0.25, 0.3) is 5.92 Å². The van der Waals surface area contributed by atoms with Crippen molar-refractivity contribution in [3.05, 3.63) is 23.5 Å². The summed E-state index contributed by atoms with van der Waals surface area (Å²) in [5, 5.41) is 0. The van der Waals surface area contributed by atoms with Crippen LogP contribution in [0.3, 0.4) is 0 Å². The normalized spacial score (nSPS) is 32.1. The minimum Gasteiger partial charge on any atom is -0.497 e. The molecule has 1 atom stereocenters. The van der Waals surface area contributed by atoms with Gasteiger partial charge in [-0.2, -0.15) is 0 Å². The number of carbonyl (C=O) groups excluding carboxylic acids is 1. The van der Waals surface area contributed by atoms with Crippen LogP contribution in [0.15, 0.2) is 23.5 Å². The molecule has 0 aromatic carbocycles. The van der Waals surface area contributed by atoms with Gasteiger partial charge in [-0.15, -0.1) is 0 Å². The van der Waals surface area contributed by atoms with Crippen molar-refractivity contribution in [2.24, 2.45) is 5.92 Å². The highest BCUT2D eigenvalue weighted by atomic mass is 19.3. The molecule has 2 aliphatic carbocycles. The molecule has 0 spiro atoms. The van der Waals surface area contributed by atoms with Gasteiger partial charge in [0, 0.05) is 37.9 Å². The second-order valence-corrected chi connectivity index (χ2v) is 6.55. The molecular weight excluding hydrogens is 288 g/mol. The summed E-state index contributed by atoms with van der Waals surface area (Å²) in [5.41, 5.74) is 0.341. The molecule has 0 radical (unpaired) electrons. The smallest absolute Gasteiger partial charge is 0.250 e. The van der Waals surface area contributed by atoms with Crippen LogP contribution < -0.4 is 0 Å². The van der Waals surface area contributed by atoms with Crippen molar-refractivity contribution >= 4 is 6.29 Å². The van der Waals surface area contributed by atoms with E-state index in [2.05, 4.69) is 11.0 Å². The van der Waals surface area contributed by atoms with E-state index in [1.54, 1.807) is 0 Å². The number of hydrogen-bond donors (Lipinski definition) is 0. The lowest BCUT2D eigenvalue weighted by atomic mass is 9.80. The Hall–Kier alpha value is -1.23. The lowest BCUT2D eigenvalue weighted by molar-refractivity contribution is -0.105. The summed E-state index contributed by atoms with van der Waals surface area (Å²) < 4.78 is 32.6. The Balaban J connectivity index is 1.84. The van der Waals surface area contributed by atoms with Crippen molar-refractivity contribution < 1.29 is 18.3 Å². The van der Waals surface area contributed by atoms with E-state index in [0.717, 1.165) is 19.1 Å². The molecule has 0 N–H and O–H groups in total. The first-order valence-electron chi connectivity index (χ1n) is 8.14. The number of aldehydes is 1. The average Bonchev–Trinajstić information content (AvgIpc) is 3.32. The zero-order valence-corrected chi connectivity index (χ0v) is 13.0. The van der Waals surface area contributed by atoms with Crippen molar-refractivity contribution in [1.29, 1.82) is 0 Å². The quantitative estimate of drug-likeness (QED) is 0.730. The molecule has 2 fully saturated rings. The maximum Gasteiger partial charge on any atom is 0.250 e. The number of piperidine rings is 1. The molecule has 22 heavy (non-hydrogen) atoms. The maximum absolute atomic E-state index is 13.5. The Bertz CT molecular complexity index is 501. The third-order valence-corrected chi connectivity index (χ3v) is 5.13. The number of allylic oxidation sites excluding steroid dienone is 2. The Labute approximate surface area is 130 Å². The third-order valence-electron chi connectivity index (χ3n) is 5.13. The molecule has 1 aliphatic heterocycles. The molecule has 3 nitrogen and oxygen atoms in total. The second-order valence-electron chi connectivity index (χ2n) is 6.55. The largest absolute Gasteiger partial charge is 0.497 e. The summed E-state index contributed by atoms with van der Waals surface area (Å²) >= 11 is 0. The Kier molecular flexibility index (Phi) is 4.10. The fourth-order valence-corrected chi connectivity index (χ4v) is 3.75. The predicted molar refractivity (Wildman–Crippen MR) is 79.7 cm³/mol. The maximum atomic E-state index is 13.5. The van der Waals surface area contributed by atoms with Gasteiger partial charge < -0.3 is 4.74 Å². The lowest BCUT2D eigenvalue weighted by Crippen LogP contribution is -2.55. The SMILES string of the molecule is CCOC1=C(C=O)C=CC(C2CC2)(N2CCC(F)(F)CC2)C1. The topological polar surface area (TPSA) is 29.5 Å². The standard InChI is InChI=1S/C17H23F2NO2/c1-2-22-15-11-16(14-3-4-14,6-5-13(15)12-21)20-9-7-17(18,19)8-10-20/h5-6,12,14H,2-4,7-11H2,1H3. The van der Waals surface area contributed by atoms with Gasteiger partial charge in [0.05, 0.1) is 12.2 Å². The molecular formula is C17H23F2NO2. The van der Waals surface area contributed by atoms with Crippen molar-refractivity contribution in [3.63, 3.8) is 0 Å². The van der Waals surface area contributed by atoms with Gasteiger partial charge in [-0.25, -0.2) is 8.78 Å². The highest BCUT2D eigenvalue weighted by Gasteiger charge is 2.51. The van der Waals surface area contributed by atoms with E-state index in [1.165, 1.54) is 0 Å². The van der Waals surface area contributed by atoms with Crippen LogP contribution in [-0.4, -0.2) is 42.3 Å². The molecule has 1 heterocycles.